The largest absolute Gasteiger partial charge is 0.497 e. The Morgan fingerprint density at radius 1 is 1.00 bits per heavy atom. The number of hydrogen-bond donors (Lipinski definition) is 2. The fourth-order valence-electron chi connectivity index (χ4n) is 3.09. The zero-order chi connectivity index (χ0) is 19.9. The second-order valence-corrected chi connectivity index (χ2v) is 6.82. The van der Waals surface area contributed by atoms with E-state index in [9.17, 15) is 4.79 Å². The van der Waals surface area contributed by atoms with E-state index in [0.717, 1.165) is 41.2 Å². The van der Waals surface area contributed by atoms with Crippen LogP contribution in [-0.2, 0) is 6.42 Å². The van der Waals surface area contributed by atoms with Crippen LogP contribution in [0, 0.1) is 13.8 Å². The van der Waals surface area contributed by atoms with Crippen LogP contribution >= 0.6 is 0 Å². The van der Waals surface area contributed by atoms with E-state index in [-0.39, 0.29) is 5.91 Å². The molecule has 0 atom stereocenters. The highest BCUT2D eigenvalue weighted by Gasteiger charge is 2.08. The first kappa shape index (κ1) is 19.4. The molecule has 3 aromatic rings. The standard InChI is InChI=1S/C23H25N3O2/c1-16-9-17(2)11-20(10-16)26-23(27)19-13-21(15-24-14-19)25-8-7-18-5-4-6-22(12-18)28-3/h4-6,9-15,25H,7-8H2,1-3H3,(H,26,27). The molecule has 0 spiro atoms. The molecule has 0 saturated carbocycles. The summed E-state index contributed by atoms with van der Waals surface area (Å²) in [6.07, 6.45) is 4.14. The first-order chi connectivity index (χ1) is 13.5. The molecule has 144 valence electrons. The highest BCUT2D eigenvalue weighted by Crippen LogP contribution is 2.17. The van der Waals surface area contributed by atoms with Gasteiger partial charge in [-0.15, -0.1) is 0 Å². The van der Waals surface area contributed by atoms with Gasteiger partial charge in [-0.1, -0.05) is 18.2 Å². The van der Waals surface area contributed by atoms with Crippen LogP contribution in [0.2, 0.25) is 0 Å². The molecule has 0 radical (unpaired) electrons. The lowest BCUT2D eigenvalue weighted by molar-refractivity contribution is 0.102. The molecule has 3 rings (SSSR count). The molecule has 5 heteroatoms. The lowest BCUT2D eigenvalue weighted by Gasteiger charge is -2.10. The van der Waals surface area contributed by atoms with Gasteiger partial charge in [0.05, 0.1) is 18.4 Å². The number of rotatable bonds is 7. The molecule has 28 heavy (non-hydrogen) atoms. The first-order valence-electron chi connectivity index (χ1n) is 9.25. The number of aryl methyl sites for hydroxylation is 2. The lowest BCUT2D eigenvalue weighted by atomic mass is 10.1. The molecule has 1 heterocycles. The molecule has 0 fully saturated rings. The number of ether oxygens (including phenoxy) is 1. The molecule has 0 saturated heterocycles. The summed E-state index contributed by atoms with van der Waals surface area (Å²) in [5, 5.41) is 6.27. The lowest BCUT2D eigenvalue weighted by Crippen LogP contribution is -2.13. The molecule has 0 aliphatic carbocycles. The topological polar surface area (TPSA) is 63.2 Å². The van der Waals surface area contributed by atoms with E-state index in [2.05, 4.69) is 27.8 Å². The smallest absolute Gasteiger partial charge is 0.257 e. The van der Waals surface area contributed by atoms with Gasteiger partial charge in [-0.2, -0.15) is 0 Å². The maximum Gasteiger partial charge on any atom is 0.257 e. The minimum absolute atomic E-state index is 0.172. The van der Waals surface area contributed by atoms with E-state index in [0.29, 0.717) is 5.56 Å². The van der Waals surface area contributed by atoms with Crippen molar-refractivity contribution in [1.82, 2.24) is 4.98 Å². The summed E-state index contributed by atoms with van der Waals surface area (Å²) in [6, 6.07) is 15.8. The van der Waals surface area contributed by atoms with E-state index in [1.54, 1.807) is 19.5 Å². The van der Waals surface area contributed by atoms with E-state index >= 15 is 0 Å². The van der Waals surface area contributed by atoms with Gasteiger partial charge in [0.25, 0.3) is 5.91 Å². The van der Waals surface area contributed by atoms with Gasteiger partial charge in [0.2, 0.25) is 0 Å². The number of aromatic nitrogens is 1. The van der Waals surface area contributed by atoms with Crippen molar-refractivity contribution in [3.05, 3.63) is 83.2 Å². The van der Waals surface area contributed by atoms with Gasteiger partial charge in [0.15, 0.2) is 0 Å². The predicted molar refractivity (Wildman–Crippen MR) is 113 cm³/mol. The van der Waals surface area contributed by atoms with Gasteiger partial charge in [0, 0.05) is 24.6 Å². The maximum atomic E-state index is 12.6. The molecule has 5 nitrogen and oxygen atoms in total. The van der Waals surface area contributed by atoms with E-state index in [4.69, 9.17) is 4.74 Å². The van der Waals surface area contributed by atoms with Gasteiger partial charge in [-0.3, -0.25) is 9.78 Å². The third kappa shape index (κ3) is 5.33. The summed E-state index contributed by atoms with van der Waals surface area (Å²) in [6.45, 7) is 4.76. The molecule has 0 bridgehead atoms. The Kier molecular flexibility index (Phi) is 6.27. The SMILES string of the molecule is COc1cccc(CCNc2cncc(C(=O)Nc3cc(C)cc(C)c3)c2)c1. The number of nitrogens with one attached hydrogen (secondary N) is 2. The van der Waals surface area contributed by atoms with Crippen molar-refractivity contribution in [3.8, 4) is 5.75 Å². The van der Waals surface area contributed by atoms with Crippen molar-refractivity contribution >= 4 is 17.3 Å². The number of nitrogens with zero attached hydrogens (tertiary/aromatic N) is 1. The molecular weight excluding hydrogens is 350 g/mol. The number of carbonyl (C=O) groups excluding carboxylic acids is 1. The number of hydrogen-bond acceptors (Lipinski definition) is 4. The highest BCUT2D eigenvalue weighted by molar-refractivity contribution is 6.04. The van der Waals surface area contributed by atoms with Crippen LogP contribution in [0.3, 0.4) is 0 Å². The Morgan fingerprint density at radius 2 is 1.79 bits per heavy atom. The van der Waals surface area contributed by atoms with Crippen molar-refractivity contribution < 1.29 is 9.53 Å². The molecule has 2 N–H and O–H groups in total. The summed E-state index contributed by atoms with van der Waals surface area (Å²) >= 11 is 0. The summed E-state index contributed by atoms with van der Waals surface area (Å²) in [5.41, 5.74) is 5.53. The van der Waals surface area contributed by atoms with Crippen LogP contribution < -0.4 is 15.4 Å². The quantitative estimate of drug-likeness (QED) is 0.633. The Bertz CT molecular complexity index is 949. The average Bonchev–Trinajstić information content (AvgIpc) is 2.67. The Hall–Kier alpha value is -3.34. The summed E-state index contributed by atoms with van der Waals surface area (Å²) < 4.78 is 5.25. The van der Waals surface area contributed by atoms with Crippen molar-refractivity contribution in [2.24, 2.45) is 0 Å². The third-order valence-corrected chi connectivity index (χ3v) is 4.36. The van der Waals surface area contributed by atoms with Crippen LogP contribution in [0.15, 0.2) is 60.9 Å². The normalized spacial score (nSPS) is 10.4. The summed E-state index contributed by atoms with van der Waals surface area (Å²) in [7, 11) is 1.66. The molecular formula is C23H25N3O2. The fraction of sp³-hybridized carbons (Fsp3) is 0.217. The molecule has 0 aliphatic heterocycles. The molecule has 1 aromatic heterocycles. The third-order valence-electron chi connectivity index (χ3n) is 4.36. The van der Waals surface area contributed by atoms with E-state index < -0.39 is 0 Å². The molecule has 0 unspecified atom stereocenters. The van der Waals surface area contributed by atoms with Crippen LogP contribution in [0.4, 0.5) is 11.4 Å². The number of carbonyl (C=O) groups is 1. The van der Waals surface area contributed by atoms with E-state index in [1.165, 1.54) is 5.56 Å². The van der Waals surface area contributed by atoms with E-state index in [1.807, 2.05) is 50.2 Å². The van der Waals surface area contributed by atoms with Crippen molar-refractivity contribution in [1.29, 1.82) is 0 Å². The fourth-order valence-corrected chi connectivity index (χ4v) is 3.09. The second-order valence-electron chi connectivity index (χ2n) is 6.82. The van der Waals surface area contributed by atoms with Gasteiger partial charge in [-0.25, -0.2) is 0 Å². The highest BCUT2D eigenvalue weighted by atomic mass is 16.5. The number of amides is 1. The van der Waals surface area contributed by atoms with Crippen LogP contribution in [-0.4, -0.2) is 24.5 Å². The zero-order valence-corrected chi connectivity index (χ0v) is 16.5. The summed E-state index contributed by atoms with van der Waals surface area (Å²) in [5.74, 6) is 0.679. The maximum absolute atomic E-state index is 12.6. The Morgan fingerprint density at radius 3 is 2.54 bits per heavy atom. The Balaban J connectivity index is 1.60. The molecule has 1 amide bonds. The van der Waals surface area contributed by atoms with Gasteiger partial charge in [-0.05, 0) is 67.3 Å². The van der Waals surface area contributed by atoms with Crippen LogP contribution in [0.25, 0.3) is 0 Å². The van der Waals surface area contributed by atoms with Gasteiger partial charge >= 0.3 is 0 Å². The second kappa shape index (κ2) is 9.04. The minimum Gasteiger partial charge on any atom is -0.497 e. The van der Waals surface area contributed by atoms with Gasteiger partial charge < -0.3 is 15.4 Å². The van der Waals surface area contributed by atoms with Crippen molar-refractivity contribution in [2.45, 2.75) is 20.3 Å². The minimum atomic E-state index is -0.172. The molecule has 0 aliphatic rings. The van der Waals surface area contributed by atoms with Crippen LogP contribution in [0.1, 0.15) is 27.0 Å². The van der Waals surface area contributed by atoms with Crippen LogP contribution in [0.5, 0.6) is 5.75 Å². The van der Waals surface area contributed by atoms with Crippen molar-refractivity contribution in [3.63, 3.8) is 0 Å². The van der Waals surface area contributed by atoms with Crippen molar-refractivity contribution in [2.75, 3.05) is 24.3 Å². The monoisotopic (exact) mass is 375 g/mol. The number of pyridine rings is 1. The first-order valence-corrected chi connectivity index (χ1v) is 9.25. The summed E-state index contributed by atoms with van der Waals surface area (Å²) in [4.78, 5) is 16.8. The predicted octanol–water partition coefficient (Wildman–Crippen LogP) is 4.61. The molecule has 2 aromatic carbocycles. The number of benzene rings is 2. The Labute approximate surface area is 165 Å². The number of methoxy groups -OCH3 is 1. The zero-order valence-electron chi connectivity index (χ0n) is 16.5. The van der Waals surface area contributed by atoms with Gasteiger partial charge in [0.1, 0.15) is 5.75 Å². The average molecular weight is 375 g/mol. The number of anilines is 2.